The van der Waals surface area contributed by atoms with Crippen molar-refractivity contribution < 1.29 is 0 Å². The highest BCUT2D eigenvalue weighted by Crippen LogP contribution is 2.61. The predicted molar refractivity (Wildman–Crippen MR) is 145 cm³/mol. The van der Waals surface area contributed by atoms with E-state index in [9.17, 15) is 0 Å². The lowest BCUT2D eigenvalue weighted by Gasteiger charge is -2.42. The molecule has 0 bridgehead atoms. The van der Waals surface area contributed by atoms with Crippen LogP contribution in [0.4, 0.5) is 5.69 Å². The maximum Gasteiger partial charge on any atom is 0.0671 e. The first-order chi connectivity index (χ1) is 17.1. The number of aryl methyl sites for hydroxylation is 3. The van der Waals surface area contributed by atoms with Gasteiger partial charge in [-0.3, -0.25) is 4.99 Å². The van der Waals surface area contributed by atoms with E-state index in [-0.39, 0.29) is 17.8 Å². The van der Waals surface area contributed by atoms with Crippen molar-refractivity contribution in [1.82, 2.24) is 0 Å². The Balaban J connectivity index is 1.58. The minimum Gasteiger partial charge on any atom is -0.256 e. The van der Waals surface area contributed by atoms with Crippen molar-refractivity contribution in [3.63, 3.8) is 0 Å². The van der Waals surface area contributed by atoms with Gasteiger partial charge in [-0.2, -0.15) is 0 Å². The van der Waals surface area contributed by atoms with Crippen LogP contribution in [0, 0.1) is 20.8 Å². The van der Waals surface area contributed by atoms with E-state index in [1.165, 1.54) is 72.1 Å². The number of aliphatic imine (C=N–C) groups is 1. The van der Waals surface area contributed by atoms with Gasteiger partial charge in [0.2, 0.25) is 0 Å². The zero-order valence-electron chi connectivity index (χ0n) is 20.4. The first kappa shape index (κ1) is 19.6. The summed E-state index contributed by atoms with van der Waals surface area (Å²) >= 11 is 0. The number of fused-ring (bicyclic) bond motifs is 7. The lowest BCUT2D eigenvalue weighted by Crippen LogP contribution is -2.32. The monoisotopic (exact) mass is 449 g/mol. The van der Waals surface area contributed by atoms with Gasteiger partial charge in [0.15, 0.2) is 0 Å². The van der Waals surface area contributed by atoms with Crippen LogP contribution in [0.1, 0.15) is 68.7 Å². The van der Waals surface area contributed by atoms with Crippen LogP contribution in [0.15, 0.2) is 95.0 Å². The van der Waals surface area contributed by atoms with Gasteiger partial charge in [0.1, 0.15) is 0 Å². The summed E-state index contributed by atoms with van der Waals surface area (Å²) in [5.74, 6) is 0.777. The van der Waals surface area contributed by atoms with E-state index in [0.29, 0.717) is 0 Å². The maximum atomic E-state index is 5.38. The maximum absolute atomic E-state index is 5.38. The van der Waals surface area contributed by atoms with E-state index in [2.05, 4.69) is 99.7 Å². The smallest absolute Gasteiger partial charge is 0.0671 e. The first-order valence-electron chi connectivity index (χ1n) is 12.8. The van der Waals surface area contributed by atoms with Gasteiger partial charge in [-0.25, -0.2) is 0 Å². The standard InChI is InChI=1S/C34H27N/c1-18-16-19(2)28-32-24-12-7-8-15-26(24)35-34(32)31-23-14-9-13-22(23)29(21-10-5-4-6-11-21)25-17-20(3)27(18)33(28)30(25)31/h4-8,10-17,29,31-32H,9H2,1-3H3. The van der Waals surface area contributed by atoms with Crippen molar-refractivity contribution in [2.24, 2.45) is 4.99 Å². The molecule has 3 aliphatic carbocycles. The fourth-order valence-electron chi connectivity index (χ4n) is 7.72. The molecule has 4 aromatic carbocycles. The zero-order valence-corrected chi connectivity index (χ0v) is 20.4. The minimum absolute atomic E-state index is 0.243. The molecule has 0 spiro atoms. The van der Waals surface area contributed by atoms with Crippen LogP contribution in [0.3, 0.4) is 0 Å². The van der Waals surface area contributed by atoms with Gasteiger partial charge < -0.3 is 0 Å². The van der Waals surface area contributed by atoms with E-state index < -0.39 is 0 Å². The summed E-state index contributed by atoms with van der Waals surface area (Å²) in [5, 5.41) is 2.96. The molecule has 3 unspecified atom stereocenters. The van der Waals surface area contributed by atoms with Gasteiger partial charge in [-0.05, 0) is 99.7 Å². The molecule has 1 nitrogen and oxygen atoms in total. The third-order valence-electron chi connectivity index (χ3n) is 8.86. The molecule has 4 aromatic rings. The van der Waals surface area contributed by atoms with Crippen molar-refractivity contribution >= 4 is 22.2 Å². The van der Waals surface area contributed by atoms with Crippen molar-refractivity contribution in [3.8, 4) is 0 Å². The summed E-state index contributed by atoms with van der Waals surface area (Å²) in [4.78, 5) is 5.38. The average molecular weight is 450 g/mol. The third kappa shape index (κ3) is 2.36. The first-order valence-corrected chi connectivity index (χ1v) is 12.8. The van der Waals surface area contributed by atoms with Gasteiger partial charge in [0.25, 0.3) is 0 Å². The lowest BCUT2D eigenvalue weighted by atomic mass is 9.60. The summed E-state index contributed by atoms with van der Waals surface area (Å²) in [5.41, 5.74) is 16.9. The van der Waals surface area contributed by atoms with E-state index in [0.717, 1.165) is 12.1 Å². The Bertz CT molecular complexity index is 1700. The quantitative estimate of drug-likeness (QED) is 0.276. The van der Waals surface area contributed by atoms with Crippen LogP contribution in [0.25, 0.3) is 10.8 Å². The summed E-state index contributed by atoms with van der Waals surface area (Å²) in [6.45, 7) is 6.93. The Morgan fingerprint density at radius 2 is 1.34 bits per heavy atom. The molecule has 4 aliphatic rings. The topological polar surface area (TPSA) is 12.4 Å². The Hall–Kier alpha value is -3.71. The van der Waals surface area contributed by atoms with Crippen molar-refractivity contribution in [1.29, 1.82) is 0 Å². The Morgan fingerprint density at radius 3 is 2.17 bits per heavy atom. The predicted octanol–water partition coefficient (Wildman–Crippen LogP) is 8.48. The molecular weight excluding hydrogens is 422 g/mol. The molecule has 0 amide bonds. The Morgan fingerprint density at radius 1 is 0.629 bits per heavy atom. The van der Waals surface area contributed by atoms with Gasteiger partial charge >= 0.3 is 0 Å². The van der Waals surface area contributed by atoms with E-state index in [4.69, 9.17) is 4.99 Å². The van der Waals surface area contributed by atoms with E-state index in [1.54, 1.807) is 0 Å². The molecule has 1 heterocycles. The number of para-hydroxylation sites is 1. The zero-order chi connectivity index (χ0) is 23.4. The minimum atomic E-state index is 0.243. The normalized spacial score (nSPS) is 22.8. The van der Waals surface area contributed by atoms with Crippen LogP contribution >= 0.6 is 0 Å². The molecule has 0 N–H and O–H groups in total. The van der Waals surface area contributed by atoms with Crippen LogP contribution in [-0.4, -0.2) is 5.71 Å². The summed E-state index contributed by atoms with van der Waals surface area (Å²) in [7, 11) is 0. The van der Waals surface area contributed by atoms with Crippen LogP contribution in [-0.2, 0) is 0 Å². The molecule has 0 fully saturated rings. The van der Waals surface area contributed by atoms with Crippen LogP contribution in [0.2, 0.25) is 0 Å². The summed E-state index contributed by atoms with van der Waals surface area (Å²) in [6, 6.07) is 24.9. The highest BCUT2D eigenvalue weighted by molar-refractivity contribution is 6.16. The highest BCUT2D eigenvalue weighted by atomic mass is 14.8. The number of hydrogen-bond acceptors (Lipinski definition) is 1. The molecule has 1 aliphatic heterocycles. The fraction of sp³-hybridized carbons (Fsp3) is 0.206. The van der Waals surface area contributed by atoms with Crippen molar-refractivity contribution in [2.75, 3.05) is 0 Å². The molecule has 0 saturated carbocycles. The third-order valence-corrected chi connectivity index (χ3v) is 8.86. The number of hydrogen-bond donors (Lipinski definition) is 0. The molecule has 0 saturated heterocycles. The number of allylic oxidation sites excluding steroid dienone is 4. The highest BCUT2D eigenvalue weighted by Gasteiger charge is 2.48. The van der Waals surface area contributed by atoms with E-state index in [1.807, 2.05) is 0 Å². The number of rotatable bonds is 1. The number of nitrogens with zero attached hydrogens (tertiary/aromatic N) is 1. The largest absolute Gasteiger partial charge is 0.256 e. The van der Waals surface area contributed by atoms with E-state index >= 15 is 0 Å². The number of benzene rings is 4. The van der Waals surface area contributed by atoms with Gasteiger partial charge in [-0.1, -0.05) is 72.8 Å². The lowest BCUT2D eigenvalue weighted by molar-refractivity contribution is 0.828. The van der Waals surface area contributed by atoms with Crippen LogP contribution in [0.5, 0.6) is 0 Å². The van der Waals surface area contributed by atoms with Gasteiger partial charge in [0.05, 0.1) is 11.6 Å². The fourth-order valence-corrected chi connectivity index (χ4v) is 7.72. The second-order valence-corrected chi connectivity index (χ2v) is 10.7. The molecule has 168 valence electrons. The Kier molecular flexibility index (Phi) is 3.75. The summed E-state index contributed by atoms with van der Waals surface area (Å²) in [6.07, 6.45) is 5.98. The Labute approximate surface area is 206 Å². The second-order valence-electron chi connectivity index (χ2n) is 10.7. The SMILES string of the molecule is Cc1cc(C)c2c(C)cc3c4c2c1C1C(=Nc2ccccc21)C4C1=CCC=C1C3c1ccccc1. The molecular formula is C34H27N. The van der Waals surface area contributed by atoms with Gasteiger partial charge in [0, 0.05) is 17.5 Å². The molecule has 0 aromatic heterocycles. The van der Waals surface area contributed by atoms with Crippen LogP contribution < -0.4 is 0 Å². The van der Waals surface area contributed by atoms with Crippen molar-refractivity contribution in [2.45, 2.75) is 44.9 Å². The molecule has 1 heteroatoms. The summed E-state index contributed by atoms with van der Waals surface area (Å²) < 4.78 is 0. The molecule has 8 rings (SSSR count). The molecule has 3 atom stereocenters. The second kappa shape index (κ2) is 6.70. The molecule has 0 radical (unpaired) electrons. The van der Waals surface area contributed by atoms with Crippen molar-refractivity contribution in [3.05, 3.63) is 135 Å². The average Bonchev–Trinajstić information content (AvgIpc) is 3.49. The molecule has 35 heavy (non-hydrogen) atoms. The van der Waals surface area contributed by atoms with Gasteiger partial charge in [-0.15, -0.1) is 0 Å².